The first-order chi connectivity index (χ1) is 9.76. The normalized spacial score (nSPS) is 17.0. The smallest absolute Gasteiger partial charge is 0.241 e. The third kappa shape index (κ3) is 3.66. The lowest BCUT2D eigenvalue weighted by Crippen LogP contribution is -2.51. The van der Waals surface area contributed by atoms with Crippen molar-refractivity contribution in [1.29, 1.82) is 0 Å². The first-order valence-corrected chi connectivity index (χ1v) is 8.38. The van der Waals surface area contributed by atoms with Crippen LogP contribution in [0.1, 0.15) is 27.2 Å². The number of sulfonamides is 1. The minimum atomic E-state index is -3.66. The summed E-state index contributed by atoms with van der Waals surface area (Å²) >= 11 is 0. The van der Waals surface area contributed by atoms with Crippen LogP contribution in [0.3, 0.4) is 0 Å². The highest BCUT2D eigenvalue weighted by Gasteiger charge is 2.31. The van der Waals surface area contributed by atoms with Crippen LogP contribution in [-0.4, -0.2) is 27.3 Å². The standard InChI is InChI=1S/C14H22N2O4S/c1-10(2)7-14(3,8-15)16-21(17,18)11-4-5-12-13(6-11)20-9-19-12/h4-6,10,16H,7-9,15H2,1-3H3. The predicted octanol–water partition coefficient (Wildman–Crippen LogP) is 1.46. The van der Waals surface area contributed by atoms with Crippen molar-refractivity contribution in [2.75, 3.05) is 13.3 Å². The number of rotatable bonds is 6. The maximum absolute atomic E-state index is 12.5. The van der Waals surface area contributed by atoms with Crippen molar-refractivity contribution < 1.29 is 17.9 Å². The Morgan fingerprint density at radius 2 is 2.00 bits per heavy atom. The average Bonchev–Trinajstić information content (AvgIpc) is 2.84. The Balaban J connectivity index is 2.25. The fraction of sp³-hybridized carbons (Fsp3) is 0.571. The lowest BCUT2D eigenvalue weighted by Gasteiger charge is -2.30. The molecule has 0 fully saturated rings. The van der Waals surface area contributed by atoms with Gasteiger partial charge in [0.1, 0.15) is 0 Å². The molecule has 1 unspecified atom stereocenters. The molecule has 0 aliphatic carbocycles. The highest BCUT2D eigenvalue weighted by molar-refractivity contribution is 7.89. The van der Waals surface area contributed by atoms with Gasteiger partial charge >= 0.3 is 0 Å². The first kappa shape index (κ1) is 16.1. The third-order valence-electron chi connectivity index (χ3n) is 3.34. The number of benzene rings is 1. The summed E-state index contributed by atoms with van der Waals surface area (Å²) in [7, 11) is -3.66. The molecule has 1 atom stereocenters. The van der Waals surface area contributed by atoms with E-state index in [0.717, 1.165) is 0 Å². The molecule has 1 heterocycles. The molecule has 118 valence electrons. The van der Waals surface area contributed by atoms with Crippen molar-refractivity contribution in [1.82, 2.24) is 4.72 Å². The molecule has 0 saturated heterocycles. The van der Waals surface area contributed by atoms with Crippen LogP contribution >= 0.6 is 0 Å². The Hall–Kier alpha value is -1.31. The fourth-order valence-electron chi connectivity index (χ4n) is 2.50. The number of nitrogens with one attached hydrogen (secondary N) is 1. The van der Waals surface area contributed by atoms with Crippen LogP contribution in [0.15, 0.2) is 23.1 Å². The molecule has 1 aliphatic heterocycles. The Morgan fingerprint density at radius 1 is 1.33 bits per heavy atom. The minimum absolute atomic E-state index is 0.111. The number of fused-ring (bicyclic) bond motifs is 1. The van der Waals surface area contributed by atoms with Gasteiger partial charge in [-0.25, -0.2) is 13.1 Å². The van der Waals surface area contributed by atoms with Crippen LogP contribution in [-0.2, 0) is 10.0 Å². The van der Waals surface area contributed by atoms with Gasteiger partial charge in [0.2, 0.25) is 16.8 Å². The summed E-state index contributed by atoms with van der Waals surface area (Å²) in [5, 5.41) is 0. The summed E-state index contributed by atoms with van der Waals surface area (Å²) in [5.74, 6) is 1.33. The van der Waals surface area contributed by atoms with E-state index < -0.39 is 15.6 Å². The van der Waals surface area contributed by atoms with Crippen LogP contribution in [0.4, 0.5) is 0 Å². The van der Waals surface area contributed by atoms with E-state index in [4.69, 9.17) is 15.2 Å². The van der Waals surface area contributed by atoms with E-state index in [0.29, 0.717) is 23.8 Å². The Labute approximate surface area is 125 Å². The van der Waals surface area contributed by atoms with Crippen LogP contribution in [0.2, 0.25) is 0 Å². The van der Waals surface area contributed by atoms with Gasteiger partial charge in [-0.15, -0.1) is 0 Å². The summed E-state index contributed by atoms with van der Waals surface area (Å²) in [5.41, 5.74) is 5.08. The molecule has 7 heteroatoms. The Morgan fingerprint density at radius 3 is 2.62 bits per heavy atom. The molecule has 3 N–H and O–H groups in total. The lowest BCUT2D eigenvalue weighted by atomic mass is 9.92. The molecule has 2 rings (SSSR count). The van der Waals surface area contributed by atoms with Crippen molar-refractivity contribution in [3.05, 3.63) is 18.2 Å². The van der Waals surface area contributed by atoms with E-state index in [1.165, 1.54) is 12.1 Å². The minimum Gasteiger partial charge on any atom is -0.454 e. The molecule has 0 aromatic heterocycles. The zero-order chi connectivity index (χ0) is 15.7. The predicted molar refractivity (Wildman–Crippen MR) is 79.8 cm³/mol. The zero-order valence-electron chi connectivity index (χ0n) is 12.5. The van der Waals surface area contributed by atoms with Crippen LogP contribution < -0.4 is 19.9 Å². The molecule has 1 aromatic rings. The summed E-state index contributed by atoms with van der Waals surface area (Å²) < 4.78 is 38.2. The molecular formula is C14H22N2O4S. The summed E-state index contributed by atoms with van der Waals surface area (Å²) in [4.78, 5) is 0.148. The van der Waals surface area contributed by atoms with Crippen molar-refractivity contribution >= 4 is 10.0 Å². The Kier molecular flexibility index (Phi) is 4.46. The first-order valence-electron chi connectivity index (χ1n) is 6.89. The van der Waals surface area contributed by atoms with E-state index in [9.17, 15) is 8.42 Å². The molecule has 21 heavy (non-hydrogen) atoms. The quantitative estimate of drug-likeness (QED) is 0.829. The fourth-order valence-corrected chi connectivity index (χ4v) is 3.94. The van der Waals surface area contributed by atoms with Gasteiger partial charge < -0.3 is 15.2 Å². The van der Waals surface area contributed by atoms with Gasteiger partial charge in [-0.2, -0.15) is 0 Å². The molecule has 0 radical (unpaired) electrons. The van der Waals surface area contributed by atoms with Crippen molar-refractivity contribution in [2.24, 2.45) is 11.7 Å². The maximum Gasteiger partial charge on any atom is 0.241 e. The van der Waals surface area contributed by atoms with E-state index in [-0.39, 0.29) is 18.2 Å². The van der Waals surface area contributed by atoms with E-state index in [2.05, 4.69) is 4.72 Å². The summed E-state index contributed by atoms with van der Waals surface area (Å²) in [6.45, 7) is 6.22. The maximum atomic E-state index is 12.5. The highest BCUT2D eigenvalue weighted by atomic mass is 32.2. The van der Waals surface area contributed by atoms with Gasteiger partial charge in [0, 0.05) is 18.2 Å². The van der Waals surface area contributed by atoms with Gasteiger partial charge in [0.15, 0.2) is 11.5 Å². The van der Waals surface area contributed by atoms with Gasteiger partial charge in [0.05, 0.1) is 4.90 Å². The number of hydrogen-bond acceptors (Lipinski definition) is 5. The van der Waals surface area contributed by atoms with Crippen LogP contribution in [0.5, 0.6) is 11.5 Å². The second-order valence-corrected chi connectivity index (χ2v) is 7.67. The lowest BCUT2D eigenvalue weighted by molar-refractivity contribution is 0.174. The zero-order valence-corrected chi connectivity index (χ0v) is 13.4. The van der Waals surface area contributed by atoms with E-state index in [1.807, 2.05) is 20.8 Å². The van der Waals surface area contributed by atoms with Crippen molar-refractivity contribution in [2.45, 2.75) is 37.6 Å². The topological polar surface area (TPSA) is 90.7 Å². The second kappa shape index (κ2) is 5.82. The second-order valence-electron chi connectivity index (χ2n) is 5.98. The van der Waals surface area contributed by atoms with Crippen molar-refractivity contribution in [3.63, 3.8) is 0 Å². The molecular weight excluding hydrogens is 292 g/mol. The molecule has 0 saturated carbocycles. The largest absolute Gasteiger partial charge is 0.454 e. The number of ether oxygens (including phenoxy) is 2. The molecule has 0 spiro atoms. The molecule has 1 aromatic carbocycles. The monoisotopic (exact) mass is 314 g/mol. The van der Waals surface area contributed by atoms with Crippen molar-refractivity contribution in [3.8, 4) is 11.5 Å². The third-order valence-corrected chi connectivity index (χ3v) is 4.98. The molecule has 6 nitrogen and oxygen atoms in total. The summed E-state index contributed by atoms with van der Waals surface area (Å²) in [6, 6.07) is 4.57. The molecule has 0 bridgehead atoms. The van der Waals surface area contributed by atoms with Gasteiger partial charge in [0.25, 0.3) is 0 Å². The van der Waals surface area contributed by atoms with Gasteiger partial charge in [-0.3, -0.25) is 0 Å². The van der Waals surface area contributed by atoms with Crippen LogP contribution in [0.25, 0.3) is 0 Å². The van der Waals surface area contributed by atoms with E-state index in [1.54, 1.807) is 6.07 Å². The van der Waals surface area contributed by atoms with Gasteiger partial charge in [-0.05, 0) is 31.4 Å². The summed E-state index contributed by atoms with van der Waals surface area (Å²) in [6.07, 6.45) is 0.660. The van der Waals surface area contributed by atoms with Gasteiger partial charge in [-0.1, -0.05) is 13.8 Å². The average molecular weight is 314 g/mol. The molecule has 0 amide bonds. The van der Waals surface area contributed by atoms with E-state index >= 15 is 0 Å². The van der Waals surface area contributed by atoms with Crippen LogP contribution in [0, 0.1) is 5.92 Å². The number of hydrogen-bond donors (Lipinski definition) is 2. The molecule has 1 aliphatic rings. The highest BCUT2D eigenvalue weighted by Crippen LogP contribution is 2.34. The number of nitrogens with two attached hydrogens (primary N) is 1. The SMILES string of the molecule is CC(C)CC(C)(CN)NS(=O)(=O)c1ccc2c(c1)OCO2. The Bertz CT molecular complexity index is 615.